The average Bonchev–Trinajstić information content (AvgIpc) is 3.77. The molecule has 0 amide bonds. The molecule has 0 N–H and O–H groups in total. The van der Waals surface area contributed by atoms with Gasteiger partial charge < -0.3 is 8.98 Å². The molecule has 10 rings (SSSR count). The second kappa shape index (κ2) is 11.9. The number of furan rings is 1. The predicted octanol–water partition coefficient (Wildman–Crippen LogP) is 11.4. The molecule has 6 heteroatoms. The van der Waals surface area contributed by atoms with E-state index in [0.717, 1.165) is 66.5 Å². The maximum atomic E-state index is 9.53. The zero-order chi connectivity index (χ0) is 34.6. The van der Waals surface area contributed by atoms with Crippen LogP contribution in [0.15, 0.2) is 168 Å². The first-order valence-electron chi connectivity index (χ1n) is 17.1. The maximum absolute atomic E-state index is 9.53. The first-order chi connectivity index (χ1) is 25.7. The van der Waals surface area contributed by atoms with Crippen LogP contribution in [0.5, 0.6) is 0 Å². The van der Waals surface area contributed by atoms with E-state index >= 15 is 0 Å². The number of nitriles is 1. The van der Waals surface area contributed by atoms with Crippen molar-refractivity contribution in [2.24, 2.45) is 0 Å². The first-order valence-corrected chi connectivity index (χ1v) is 17.1. The van der Waals surface area contributed by atoms with E-state index in [2.05, 4.69) is 108 Å². The van der Waals surface area contributed by atoms with Crippen molar-refractivity contribution < 1.29 is 4.42 Å². The third-order valence-electron chi connectivity index (χ3n) is 9.69. The third kappa shape index (κ3) is 4.84. The first kappa shape index (κ1) is 29.5. The van der Waals surface area contributed by atoms with Gasteiger partial charge in [-0.2, -0.15) is 5.26 Å². The molecule has 6 nitrogen and oxygen atoms in total. The quantitative estimate of drug-likeness (QED) is 0.183. The second-order valence-corrected chi connectivity index (χ2v) is 12.8. The monoisotopic (exact) mass is 665 g/mol. The lowest BCUT2D eigenvalue weighted by Gasteiger charge is -2.11. The van der Waals surface area contributed by atoms with Crippen molar-refractivity contribution in [3.05, 3.63) is 169 Å². The topological polar surface area (TPSA) is 80.5 Å². The van der Waals surface area contributed by atoms with E-state index in [0.29, 0.717) is 23.0 Å². The number of hydrogen-bond acceptors (Lipinski definition) is 5. The van der Waals surface area contributed by atoms with Crippen molar-refractivity contribution in [2.75, 3.05) is 0 Å². The van der Waals surface area contributed by atoms with Crippen molar-refractivity contribution in [3.63, 3.8) is 0 Å². The van der Waals surface area contributed by atoms with Crippen LogP contribution in [-0.2, 0) is 0 Å². The van der Waals surface area contributed by atoms with Crippen LogP contribution in [0.4, 0.5) is 0 Å². The number of rotatable bonds is 5. The summed E-state index contributed by atoms with van der Waals surface area (Å²) < 4.78 is 8.71. The minimum absolute atomic E-state index is 0.515. The number of nitrogens with zero attached hydrogens (tertiary/aromatic N) is 5. The molecule has 0 saturated heterocycles. The van der Waals surface area contributed by atoms with E-state index in [4.69, 9.17) is 19.4 Å². The van der Waals surface area contributed by atoms with Gasteiger partial charge in [0.2, 0.25) is 0 Å². The van der Waals surface area contributed by atoms with Crippen LogP contribution in [0.1, 0.15) is 5.56 Å². The molecule has 0 aliphatic rings. The van der Waals surface area contributed by atoms with E-state index in [-0.39, 0.29) is 0 Å². The molecule has 0 atom stereocenters. The summed E-state index contributed by atoms with van der Waals surface area (Å²) in [6.45, 7) is 0. The number of para-hydroxylation sites is 3. The summed E-state index contributed by atoms with van der Waals surface area (Å²) in [6, 6.07) is 57.6. The van der Waals surface area contributed by atoms with Crippen LogP contribution in [0.2, 0.25) is 0 Å². The molecule has 52 heavy (non-hydrogen) atoms. The van der Waals surface area contributed by atoms with E-state index in [9.17, 15) is 5.26 Å². The highest BCUT2D eigenvalue weighted by Gasteiger charge is 2.17. The Morgan fingerprint density at radius 2 is 1.08 bits per heavy atom. The summed E-state index contributed by atoms with van der Waals surface area (Å²) in [5.41, 5.74) is 10.3. The van der Waals surface area contributed by atoms with Gasteiger partial charge in [0, 0.05) is 49.5 Å². The molecule has 7 aromatic carbocycles. The Morgan fingerprint density at radius 1 is 0.462 bits per heavy atom. The SMILES string of the molecule is N#Cc1cccc(-c2nc(-c3ccccc3)nc(-c3ccc(-n4c5ccccc5c5cc(-c6cccc7c6oc6ccccc67)ccc54)cc3)n2)c1. The smallest absolute Gasteiger partial charge is 0.164 e. The molecule has 10 aromatic rings. The van der Waals surface area contributed by atoms with Gasteiger partial charge in [0.1, 0.15) is 11.2 Å². The van der Waals surface area contributed by atoms with Gasteiger partial charge in [0.05, 0.1) is 22.7 Å². The molecule has 0 aliphatic heterocycles. The summed E-state index contributed by atoms with van der Waals surface area (Å²) in [4.78, 5) is 14.6. The number of hydrogen-bond donors (Lipinski definition) is 0. The van der Waals surface area contributed by atoms with Gasteiger partial charge in [-0.05, 0) is 66.2 Å². The van der Waals surface area contributed by atoms with Gasteiger partial charge in [-0.25, -0.2) is 15.0 Å². The highest BCUT2D eigenvalue weighted by molar-refractivity contribution is 6.13. The van der Waals surface area contributed by atoms with E-state index in [1.54, 1.807) is 6.07 Å². The molecular weight excluding hydrogens is 639 g/mol. The van der Waals surface area contributed by atoms with Crippen molar-refractivity contribution in [2.45, 2.75) is 0 Å². The largest absolute Gasteiger partial charge is 0.455 e. The minimum atomic E-state index is 0.515. The molecule has 0 aliphatic carbocycles. The predicted molar refractivity (Wildman–Crippen MR) is 208 cm³/mol. The van der Waals surface area contributed by atoms with Gasteiger partial charge in [0.25, 0.3) is 0 Å². The number of benzene rings is 7. The standard InChI is InChI=1S/C46H27N5O/c47-28-29-10-8-13-33(26-29)46-49-44(30-11-2-1-3-12-30)48-45(50-46)31-20-23-34(24-21-31)51-40-18-6-4-14-36(40)39-27-32(22-25-41(39)51)35-16-9-17-38-37-15-5-7-19-42(37)52-43(35)38/h1-27H. The second-order valence-electron chi connectivity index (χ2n) is 12.8. The third-order valence-corrected chi connectivity index (χ3v) is 9.69. The number of aromatic nitrogens is 4. The molecule has 0 bridgehead atoms. The highest BCUT2D eigenvalue weighted by Crippen LogP contribution is 2.39. The van der Waals surface area contributed by atoms with E-state index in [1.165, 1.54) is 10.8 Å². The minimum Gasteiger partial charge on any atom is -0.455 e. The Kier molecular flexibility index (Phi) is 6.76. The van der Waals surface area contributed by atoms with Crippen LogP contribution >= 0.6 is 0 Å². The summed E-state index contributed by atoms with van der Waals surface area (Å²) in [7, 11) is 0. The molecule has 3 heterocycles. The fourth-order valence-electron chi connectivity index (χ4n) is 7.23. The van der Waals surface area contributed by atoms with Crippen molar-refractivity contribution in [1.82, 2.24) is 19.5 Å². The molecular formula is C46H27N5O. The van der Waals surface area contributed by atoms with Crippen LogP contribution in [0.3, 0.4) is 0 Å². The molecule has 0 unspecified atom stereocenters. The molecule has 0 radical (unpaired) electrons. The maximum Gasteiger partial charge on any atom is 0.164 e. The van der Waals surface area contributed by atoms with Crippen molar-refractivity contribution in [1.29, 1.82) is 5.26 Å². The average molecular weight is 666 g/mol. The normalized spacial score (nSPS) is 11.4. The molecule has 0 spiro atoms. The Balaban J connectivity index is 1.09. The van der Waals surface area contributed by atoms with E-state index in [1.807, 2.05) is 60.7 Å². The summed E-state index contributed by atoms with van der Waals surface area (Å²) in [5, 5.41) is 14.1. The van der Waals surface area contributed by atoms with E-state index < -0.39 is 0 Å². The van der Waals surface area contributed by atoms with Gasteiger partial charge in [-0.1, -0.05) is 103 Å². The lowest BCUT2D eigenvalue weighted by Crippen LogP contribution is -2.00. The summed E-state index contributed by atoms with van der Waals surface area (Å²) in [6.07, 6.45) is 0. The lowest BCUT2D eigenvalue weighted by molar-refractivity contribution is 0.670. The molecule has 0 fully saturated rings. The fourth-order valence-corrected chi connectivity index (χ4v) is 7.23. The summed E-state index contributed by atoms with van der Waals surface area (Å²) in [5.74, 6) is 1.65. The van der Waals surface area contributed by atoms with Gasteiger partial charge >= 0.3 is 0 Å². The van der Waals surface area contributed by atoms with Crippen LogP contribution in [-0.4, -0.2) is 19.5 Å². The van der Waals surface area contributed by atoms with Gasteiger partial charge in [0.15, 0.2) is 17.5 Å². The Bertz CT molecular complexity index is 3020. The fraction of sp³-hybridized carbons (Fsp3) is 0. The molecule has 3 aromatic heterocycles. The Labute approximate surface area is 298 Å². The van der Waals surface area contributed by atoms with Crippen LogP contribution in [0, 0.1) is 11.3 Å². The van der Waals surface area contributed by atoms with Crippen LogP contribution < -0.4 is 0 Å². The van der Waals surface area contributed by atoms with Crippen LogP contribution in [0.25, 0.3) is 94.7 Å². The van der Waals surface area contributed by atoms with Crippen molar-refractivity contribution in [3.8, 4) is 57.0 Å². The molecule has 242 valence electrons. The number of fused-ring (bicyclic) bond motifs is 6. The zero-order valence-corrected chi connectivity index (χ0v) is 27.7. The van der Waals surface area contributed by atoms with Crippen molar-refractivity contribution >= 4 is 43.7 Å². The summed E-state index contributed by atoms with van der Waals surface area (Å²) >= 11 is 0. The highest BCUT2D eigenvalue weighted by atomic mass is 16.3. The molecule has 0 saturated carbocycles. The Morgan fingerprint density at radius 3 is 1.88 bits per heavy atom. The zero-order valence-electron chi connectivity index (χ0n) is 27.7. The lowest BCUT2D eigenvalue weighted by atomic mass is 10.0. The Hall–Kier alpha value is -7.36. The van der Waals surface area contributed by atoms with Gasteiger partial charge in [-0.3, -0.25) is 0 Å². The van der Waals surface area contributed by atoms with Gasteiger partial charge in [-0.15, -0.1) is 0 Å².